The number of carbonyl (C=O) groups is 2. The van der Waals surface area contributed by atoms with Crippen LogP contribution in [0.3, 0.4) is 0 Å². The van der Waals surface area contributed by atoms with E-state index in [9.17, 15) is 22.8 Å². The van der Waals surface area contributed by atoms with Gasteiger partial charge in [-0.05, 0) is 47.9 Å². The van der Waals surface area contributed by atoms with Gasteiger partial charge in [-0.3, -0.25) is 9.59 Å². The molecular formula is C18H16ClF3N2O3. The highest BCUT2D eigenvalue weighted by molar-refractivity contribution is 6.29. The zero-order valence-corrected chi connectivity index (χ0v) is 14.8. The van der Waals surface area contributed by atoms with E-state index in [0.717, 1.165) is 12.1 Å². The van der Waals surface area contributed by atoms with E-state index in [-0.39, 0.29) is 29.0 Å². The van der Waals surface area contributed by atoms with Gasteiger partial charge in [0.1, 0.15) is 0 Å². The van der Waals surface area contributed by atoms with Crippen molar-refractivity contribution in [1.82, 2.24) is 10.2 Å². The van der Waals surface area contributed by atoms with Crippen molar-refractivity contribution in [3.8, 4) is 0 Å². The average Bonchev–Trinajstić information content (AvgIpc) is 3.22. The van der Waals surface area contributed by atoms with Gasteiger partial charge in [0.05, 0.1) is 11.6 Å². The highest BCUT2D eigenvalue weighted by atomic mass is 35.5. The molecule has 3 rings (SSSR count). The van der Waals surface area contributed by atoms with Crippen molar-refractivity contribution in [3.63, 3.8) is 0 Å². The maximum Gasteiger partial charge on any atom is 0.416 e. The number of benzene rings is 1. The van der Waals surface area contributed by atoms with Crippen LogP contribution in [0.25, 0.3) is 0 Å². The lowest BCUT2D eigenvalue weighted by Gasteiger charge is -2.25. The molecule has 0 radical (unpaired) electrons. The minimum Gasteiger partial charge on any atom is -0.440 e. The highest BCUT2D eigenvalue weighted by Gasteiger charge is 2.32. The zero-order valence-electron chi connectivity index (χ0n) is 14.1. The topological polar surface area (TPSA) is 62.6 Å². The second kappa shape index (κ2) is 7.64. The first kappa shape index (κ1) is 19.3. The molecule has 144 valence electrons. The van der Waals surface area contributed by atoms with Crippen LogP contribution in [0.4, 0.5) is 13.2 Å². The molecule has 5 nitrogen and oxygen atoms in total. The molecule has 1 N–H and O–H groups in total. The smallest absolute Gasteiger partial charge is 0.416 e. The fourth-order valence-electron chi connectivity index (χ4n) is 2.95. The number of nitrogens with one attached hydrogen (secondary N) is 1. The molecule has 1 fully saturated rings. The number of halogens is 4. The summed E-state index contributed by atoms with van der Waals surface area (Å²) in [6.45, 7) is 0.567. The molecule has 27 heavy (non-hydrogen) atoms. The Hall–Kier alpha value is -2.48. The number of nitrogens with zero attached hydrogens (tertiary/aromatic N) is 1. The van der Waals surface area contributed by atoms with Gasteiger partial charge in [0, 0.05) is 19.5 Å². The number of likely N-dealkylation sites (tertiary alicyclic amines) is 1. The number of hydrogen-bond acceptors (Lipinski definition) is 3. The lowest BCUT2D eigenvalue weighted by atomic mass is 10.0. The molecule has 1 aromatic carbocycles. The van der Waals surface area contributed by atoms with E-state index in [1.54, 1.807) is 0 Å². The van der Waals surface area contributed by atoms with E-state index < -0.39 is 23.7 Å². The Kier molecular flexibility index (Phi) is 5.46. The van der Waals surface area contributed by atoms with Gasteiger partial charge in [-0.1, -0.05) is 12.1 Å². The summed E-state index contributed by atoms with van der Waals surface area (Å²) in [6.07, 6.45) is -3.45. The molecule has 0 unspecified atom stereocenters. The molecule has 2 aromatic rings. The number of alkyl halides is 3. The Morgan fingerprint density at radius 3 is 2.67 bits per heavy atom. The normalized spacial score (nSPS) is 15.9. The van der Waals surface area contributed by atoms with Gasteiger partial charge in [-0.15, -0.1) is 0 Å². The van der Waals surface area contributed by atoms with Crippen LogP contribution in [0.1, 0.15) is 40.6 Å². The van der Waals surface area contributed by atoms with Crippen molar-refractivity contribution in [2.24, 2.45) is 0 Å². The molecule has 0 aliphatic carbocycles. The van der Waals surface area contributed by atoms with E-state index in [2.05, 4.69) is 5.32 Å². The predicted octanol–water partition coefficient (Wildman–Crippen LogP) is 4.05. The quantitative estimate of drug-likeness (QED) is 0.823. The Labute approximate surface area is 158 Å². The number of hydrogen-bond donors (Lipinski definition) is 1. The highest BCUT2D eigenvalue weighted by Crippen LogP contribution is 2.31. The molecule has 1 saturated heterocycles. The van der Waals surface area contributed by atoms with Crippen LogP contribution in [-0.4, -0.2) is 29.8 Å². The monoisotopic (exact) mass is 400 g/mol. The summed E-state index contributed by atoms with van der Waals surface area (Å²) in [7, 11) is 0. The molecule has 1 aliphatic rings. The van der Waals surface area contributed by atoms with E-state index in [0.29, 0.717) is 19.4 Å². The summed E-state index contributed by atoms with van der Waals surface area (Å²) in [6, 6.07) is 6.60. The summed E-state index contributed by atoms with van der Waals surface area (Å²) < 4.78 is 44.2. The summed E-state index contributed by atoms with van der Waals surface area (Å²) in [5.74, 6) is -0.789. The van der Waals surface area contributed by atoms with Gasteiger partial charge in [0.15, 0.2) is 11.0 Å². The van der Waals surface area contributed by atoms with Crippen LogP contribution in [-0.2, 0) is 11.0 Å². The number of furan rings is 1. The fourth-order valence-corrected chi connectivity index (χ4v) is 3.10. The second-order valence-corrected chi connectivity index (χ2v) is 6.57. The van der Waals surface area contributed by atoms with E-state index in [1.165, 1.54) is 29.2 Å². The van der Waals surface area contributed by atoms with E-state index in [1.807, 2.05) is 0 Å². The van der Waals surface area contributed by atoms with Crippen molar-refractivity contribution in [1.29, 1.82) is 0 Å². The lowest BCUT2D eigenvalue weighted by molar-refractivity contribution is -0.137. The van der Waals surface area contributed by atoms with Gasteiger partial charge >= 0.3 is 6.18 Å². The molecule has 2 amide bonds. The average molecular weight is 401 g/mol. The Bertz CT molecular complexity index is 850. The number of carbonyl (C=O) groups excluding carboxylic acids is 2. The van der Waals surface area contributed by atoms with Crippen molar-refractivity contribution < 1.29 is 27.2 Å². The summed E-state index contributed by atoms with van der Waals surface area (Å²) >= 11 is 5.66. The maximum atomic E-state index is 13.0. The van der Waals surface area contributed by atoms with Gasteiger partial charge in [-0.25, -0.2) is 0 Å². The standard InChI is InChI=1S/C18H16ClF3N2O3/c19-15-7-6-14(27-15)17(26)23-13(10-24-8-2-5-16(24)25)11-3-1-4-12(9-11)18(20,21)22/h1,3-4,6-7,9,13H,2,5,8,10H2,(H,23,26)/t13-/m0/s1. The minimum absolute atomic E-state index is 0.0190. The fraction of sp³-hybridized carbons (Fsp3) is 0.333. The molecular weight excluding hydrogens is 385 g/mol. The molecule has 1 atom stereocenters. The number of amides is 2. The Morgan fingerprint density at radius 2 is 2.07 bits per heavy atom. The number of rotatable bonds is 5. The third-order valence-electron chi connectivity index (χ3n) is 4.29. The maximum absolute atomic E-state index is 13.0. The lowest BCUT2D eigenvalue weighted by Crippen LogP contribution is -2.38. The van der Waals surface area contributed by atoms with Gasteiger partial charge in [-0.2, -0.15) is 13.2 Å². The SMILES string of the molecule is O=C(N[C@@H](CN1CCCC1=O)c1cccc(C(F)(F)F)c1)c1ccc(Cl)o1. The summed E-state index contributed by atoms with van der Waals surface area (Å²) in [5, 5.41) is 2.66. The molecule has 1 aliphatic heterocycles. The van der Waals surface area contributed by atoms with Crippen molar-refractivity contribution in [3.05, 3.63) is 58.5 Å². The van der Waals surface area contributed by atoms with Crippen LogP contribution in [0, 0.1) is 0 Å². The van der Waals surface area contributed by atoms with Crippen molar-refractivity contribution in [2.75, 3.05) is 13.1 Å². The van der Waals surface area contributed by atoms with Gasteiger partial charge in [0.25, 0.3) is 5.91 Å². The van der Waals surface area contributed by atoms with Crippen LogP contribution < -0.4 is 5.32 Å². The first-order valence-electron chi connectivity index (χ1n) is 8.25. The second-order valence-electron chi connectivity index (χ2n) is 6.20. The first-order chi connectivity index (χ1) is 12.7. The predicted molar refractivity (Wildman–Crippen MR) is 91.2 cm³/mol. The largest absolute Gasteiger partial charge is 0.440 e. The molecule has 9 heteroatoms. The van der Waals surface area contributed by atoms with Crippen LogP contribution >= 0.6 is 11.6 Å². The molecule has 1 aromatic heterocycles. The third-order valence-corrected chi connectivity index (χ3v) is 4.50. The third kappa shape index (κ3) is 4.63. The first-order valence-corrected chi connectivity index (χ1v) is 8.63. The van der Waals surface area contributed by atoms with E-state index in [4.69, 9.17) is 16.0 Å². The Morgan fingerprint density at radius 1 is 1.30 bits per heavy atom. The van der Waals surface area contributed by atoms with Crippen LogP contribution in [0.5, 0.6) is 0 Å². The van der Waals surface area contributed by atoms with Crippen LogP contribution in [0.2, 0.25) is 5.22 Å². The van der Waals surface area contributed by atoms with Gasteiger partial charge < -0.3 is 14.6 Å². The van der Waals surface area contributed by atoms with Crippen LogP contribution in [0.15, 0.2) is 40.8 Å². The zero-order chi connectivity index (χ0) is 19.6. The molecule has 2 heterocycles. The van der Waals surface area contributed by atoms with Gasteiger partial charge in [0.2, 0.25) is 5.91 Å². The summed E-state index contributed by atoms with van der Waals surface area (Å²) in [4.78, 5) is 25.8. The van der Waals surface area contributed by atoms with E-state index >= 15 is 0 Å². The molecule has 0 bridgehead atoms. The van der Waals surface area contributed by atoms with Crippen molar-refractivity contribution in [2.45, 2.75) is 25.1 Å². The minimum atomic E-state index is -4.51. The Balaban J connectivity index is 1.87. The molecule has 0 saturated carbocycles. The molecule has 0 spiro atoms. The summed E-state index contributed by atoms with van der Waals surface area (Å²) in [5.41, 5.74) is -0.580. The van der Waals surface area contributed by atoms with Crippen molar-refractivity contribution >= 4 is 23.4 Å².